The van der Waals surface area contributed by atoms with Gasteiger partial charge in [-0.3, -0.25) is 0 Å². The summed E-state index contributed by atoms with van der Waals surface area (Å²) in [6.45, 7) is 0. The summed E-state index contributed by atoms with van der Waals surface area (Å²) in [5, 5.41) is 20.1. The third kappa shape index (κ3) is 5.16. The molecule has 0 N–H and O–H groups in total. The van der Waals surface area contributed by atoms with Gasteiger partial charge in [-0.05, 0) is 48.5 Å². The van der Waals surface area contributed by atoms with E-state index in [0.29, 0.717) is 15.7 Å². The Morgan fingerprint density at radius 2 is 1.21 bits per heavy atom. The fourth-order valence-electron chi connectivity index (χ4n) is 2.98. The molecule has 0 fully saturated rings. The summed E-state index contributed by atoms with van der Waals surface area (Å²) >= 11 is 8.44. The van der Waals surface area contributed by atoms with Gasteiger partial charge in [0.1, 0.15) is 29.0 Å². The van der Waals surface area contributed by atoms with E-state index in [1.807, 2.05) is 72.8 Å². The lowest BCUT2D eigenvalue weighted by molar-refractivity contribution is 0.459. The van der Waals surface area contributed by atoms with Crippen LogP contribution in [0.4, 0.5) is 4.39 Å². The molecule has 0 bridgehead atoms. The molecule has 0 spiro atoms. The maximum absolute atomic E-state index is 15.7. The molecule has 0 heterocycles. The Balaban J connectivity index is 1.96. The average Bonchev–Trinajstić information content (AvgIpc) is 2.85. The first-order valence-electron chi connectivity index (χ1n) is 9.69. The summed E-state index contributed by atoms with van der Waals surface area (Å²) in [6.07, 6.45) is 0. The van der Waals surface area contributed by atoms with E-state index >= 15 is 4.39 Å². The van der Waals surface area contributed by atoms with E-state index in [9.17, 15) is 10.5 Å². The average molecular weight is 489 g/mol. The minimum absolute atomic E-state index is 0.130. The molecule has 0 aromatic heterocycles. The second-order valence-corrected chi connectivity index (χ2v) is 9.27. The first kappa shape index (κ1) is 22.8. The summed E-state index contributed by atoms with van der Waals surface area (Å²) < 4.78 is 21.8. The van der Waals surface area contributed by atoms with Crippen molar-refractivity contribution in [2.24, 2.45) is 0 Å². The predicted octanol–water partition coefficient (Wildman–Crippen LogP) is 8.32. The highest BCUT2D eigenvalue weighted by atomic mass is 35.5. The van der Waals surface area contributed by atoms with E-state index in [1.54, 1.807) is 24.3 Å². The Hall–Kier alpha value is -3.42. The van der Waals surface area contributed by atoms with E-state index in [4.69, 9.17) is 16.3 Å². The van der Waals surface area contributed by atoms with Gasteiger partial charge in [0, 0.05) is 14.8 Å². The number of ether oxygens (including phenoxy) is 1. The van der Waals surface area contributed by atoms with Gasteiger partial charge in [-0.2, -0.15) is 10.5 Å². The molecule has 0 saturated heterocycles. The molecular weight excluding hydrogens is 475 g/mol. The van der Waals surface area contributed by atoms with Gasteiger partial charge < -0.3 is 4.74 Å². The first-order valence-corrected chi connectivity index (χ1v) is 11.7. The second kappa shape index (κ2) is 10.5. The Bertz CT molecular complexity index is 1370. The lowest BCUT2D eigenvalue weighted by Crippen LogP contribution is -2.01. The summed E-state index contributed by atoms with van der Waals surface area (Å²) in [4.78, 5) is 2.26. The largest absolute Gasteiger partial charge is 0.455 e. The number of nitrogens with zero attached hydrogens (tertiary/aromatic N) is 2. The monoisotopic (exact) mass is 488 g/mol. The van der Waals surface area contributed by atoms with Crippen molar-refractivity contribution < 1.29 is 9.13 Å². The van der Waals surface area contributed by atoms with Crippen LogP contribution in [-0.2, 0) is 0 Å². The molecule has 4 rings (SSSR count). The molecule has 3 nitrogen and oxygen atoms in total. The normalized spacial score (nSPS) is 10.3. The topological polar surface area (TPSA) is 56.8 Å². The van der Waals surface area contributed by atoms with Crippen LogP contribution in [0.5, 0.6) is 11.5 Å². The van der Waals surface area contributed by atoms with Crippen molar-refractivity contribution in [3.8, 4) is 23.6 Å². The van der Waals surface area contributed by atoms with Gasteiger partial charge in [0.25, 0.3) is 0 Å². The van der Waals surface area contributed by atoms with Gasteiger partial charge in [-0.25, -0.2) is 4.39 Å². The highest BCUT2D eigenvalue weighted by Gasteiger charge is 2.27. The lowest BCUT2D eigenvalue weighted by atomic mass is 10.1. The molecule has 0 aliphatic carbocycles. The van der Waals surface area contributed by atoms with Crippen molar-refractivity contribution in [3.63, 3.8) is 0 Å². The van der Waals surface area contributed by atoms with E-state index in [-0.39, 0.29) is 21.8 Å². The molecule has 0 aliphatic rings. The SMILES string of the molecule is N#Cc1c(F)c(Sc2ccccc2)c(Sc2ccccc2)c(Oc2ccc(Cl)cc2)c1C#N. The van der Waals surface area contributed by atoms with Gasteiger partial charge in [0.05, 0.1) is 9.79 Å². The van der Waals surface area contributed by atoms with Gasteiger partial charge in [-0.15, -0.1) is 0 Å². The highest BCUT2D eigenvalue weighted by Crippen LogP contribution is 2.49. The Kier molecular flexibility index (Phi) is 7.22. The smallest absolute Gasteiger partial charge is 0.161 e. The van der Waals surface area contributed by atoms with Crippen molar-refractivity contribution in [2.45, 2.75) is 19.6 Å². The molecule has 33 heavy (non-hydrogen) atoms. The van der Waals surface area contributed by atoms with Crippen molar-refractivity contribution in [1.82, 2.24) is 0 Å². The minimum Gasteiger partial charge on any atom is -0.455 e. The maximum atomic E-state index is 15.7. The molecule has 7 heteroatoms. The zero-order chi connectivity index (χ0) is 23.2. The van der Waals surface area contributed by atoms with Crippen molar-refractivity contribution in [2.75, 3.05) is 0 Å². The molecule has 0 saturated carbocycles. The van der Waals surface area contributed by atoms with E-state index in [2.05, 4.69) is 0 Å². The number of benzene rings is 4. The van der Waals surface area contributed by atoms with Crippen LogP contribution in [0.2, 0.25) is 5.02 Å². The summed E-state index contributed by atoms with van der Waals surface area (Å²) in [5.74, 6) is -0.202. The third-order valence-electron chi connectivity index (χ3n) is 4.49. The van der Waals surface area contributed by atoms with Crippen LogP contribution in [0.25, 0.3) is 0 Å². The molecule has 0 unspecified atom stereocenters. The second-order valence-electron chi connectivity index (χ2n) is 6.66. The summed E-state index contributed by atoms with van der Waals surface area (Å²) in [5.41, 5.74) is -0.502. The Labute approximate surface area is 204 Å². The predicted molar refractivity (Wildman–Crippen MR) is 128 cm³/mol. The molecular formula is C26H14ClFN2OS2. The van der Waals surface area contributed by atoms with Crippen LogP contribution in [0.3, 0.4) is 0 Å². The highest BCUT2D eigenvalue weighted by molar-refractivity contribution is 8.02. The molecule has 0 radical (unpaired) electrons. The number of nitriles is 2. The molecule has 160 valence electrons. The number of hydrogen-bond donors (Lipinski definition) is 0. The van der Waals surface area contributed by atoms with Gasteiger partial charge in [0.2, 0.25) is 0 Å². The summed E-state index contributed by atoms with van der Waals surface area (Å²) in [7, 11) is 0. The maximum Gasteiger partial charge on any atom is 0.161 e. The van der Waals surface area contributed by atoms with E-state index in [0.717, 1.165) is 9.79 Å². The van der Waals surface area contributed by atoms with Crippen LogP contribution in [0.15, 0.2) is 105 Å². The standard InChI is InChI=1S/C26H14ClFN2OS2/c27-17-11-13-18(14-12-17)31-24-22(16-30)21(15-29)23(28)25(32-19-7-3-1-4-8-19)26(24)33-20-9-5-2-6-10-20/h1-14H. The Morgan fingerprint density at radius 3 is 1.73 bits per heavy atom. The van der Waals surface area contributed by atoms with Crippen LogP contribution in [0, 0.1) is 28.5 Å². The molecule has 0 atom stereocenters. The quantitative estimate of drug-likeness (QED) is 0.273. The molecule has 4 aromatic carbocycles. The van der Waals surface area contributed by atoms with Crippen molar-refractivity contribution in [3.05, 3.63) is 107 Å². The van der Waals surface area contributed by atoms with Crippen molar-refractivity contribution in [1.29, 1.82) is 10.5 Å². The van der Waals surface area contributed by atoms with Crippen LogP contribution in [-0.4, -0.2) is 0 Å². The minimum atomic E-state index is -0.746. The first-order chi connectivity index (χ1) is 16.1. The molecule has 0 aliphatic heterocycles. The van der Waals surface area contributed by atoms with Gasteiger partial charge >= 0.3 is 0 Å². The van der Waals surface area contributed by atoms with Crippen LogP contribution >= 0.6 is 35.1 Å². The number of hydrogen-bond acceptors (Lipinski definition) is 5. The zero-order valence-corrected chi connectivity index (χ0v) is 19.3. The fourth-order valence-corrected chi connectivity index (χ4v) is 5.21. The molecule has 4 aromatic rings. The number of halogens is 2. The zero-order valence-electron chi connectivity index (χ0n) is 17.0. The lowest BCUT2D eigenvalue weighted by Gasteiger charge is -2.18. The molecule has 0 amide bonds. The van der Waals surface area contributed by atoms with Crippen LogP contribution < -0.4 is 4.74 Å². The van der Waals surface area contributed by atoms with Gasteiger partial charge in [0.15, 0.2) is 11.6 Å². The van der Waals surface area contributed by atoms with Gasteiger partial charge in [-0.1, -0.05) is 71.5 Å². The third-order valence-corrected chi connectivity index (χ3v) is 7.07. The number of rotatable bonds is 6. The Morgan fingerprint density at radius 1 is 0.697 bits per heavy atom. The van der Waals surface area contributed by atoms with E-state index < -0.39 is 5.82 Å². The summed E-state index contributed by atoms with van der Waals surface area (Å²) in [6, 6.07) is 29.1. The van der Waals surface area contributed by atoms with Crippen LogP contribution in [0.1, 0.15) is 11.1 Å². The van der Waals surface area contributed by atoms with E-state index in [1.165, 1.54) is 23.5 Å². The fraction of sp³-hybridized carbons (Fsp3) is 0. The van der Waals surface area contributed by atoms with Crippen molar-refractivity contribution >= 4 is 35.1 Å².